The maximum atomic E-state index is 12.9. The van der Waals surface area contributed by atoms with Crippen LogP contribution in [0.1, 0.15) is 49.4 Å². The standard InChI is InChI=1S/C21H29N3O4/c1-2-10-22-19(25)16-7-4-11-24(14-16)21(27)15-6-3-8-17(13-15)23-20(26)18-9-5-12-28-18/h3,6,8,13,16,18H,2,4-5,7,9-12,14H2,1H3,(H,22,25)(H,23,26). The third-order valence-electron chi connectivity index (χ3n) is 5.23. The molecule has 1 aromatic carbocycles. The molecule has 2 aliphatic heterocycles. The number of ether oxygens (including phenoxy) is 1. The maximum absolute atomic E-state index is 12.9. The van der Waals surface area contributed by atoms with Crippen molar-refractivity contribution in [2.45, 2.75) is 45.1 Å². The zero-order chi connectivity index (χ0) is 19.9. The SMILES string of the molecule is CCCNC(=O)C1CCCN(C(=O)c2cccc(NC(=O)C3CCCO3)c2)C1. The molecule has 152 valence electrons. The van der Waals surface area contributed by atoms with Crippen LogP contribution in [0, 0.1) is 5.92 Å². The van der Waals surface area contributed by atoms with Crippen LogP contribution < -0.4 is 10.6 Å². The average Bonchev–Trinajstić information content (AvgIpc) is 3.27. The highest BCUT2D eigenvalue weighted by Gasteiger charge is 2.29. The highest BCUT2D eigenvalue weighted by Crippen LogP contribution is 2.21. The maximum Gasteiger partial charge on any atom is 0.253 e. The lowest BCUT2D eigenvalue weighted by Crippen LogP contribution is -2.45. The molecule has 0 bridgehead atoms. The third kappa shape index (κ3) is 5.10. The molecule has 3 rings (SSSR count). The Labute approximate surface area is 165 Å². The smallest absolute Gasteiger partial charge is 0.253 e. The number of amides is 3. The van der Waals surface area contributed by atoms with Crippen LogP contribution in [0.25, 0.3) is 0 Å². The van der Waals surface area contributed by atoms with Crippen LogP contribution in [-0.2, 0) is 14.3 Å². The fourth-order valence-electron chi connectivity index (χ4n) is 3.69. The lowest BCUT2D eigenvalue weighted by molar-refractivity contribution is -0.126. The second-order valence-electron chi connectivity index (χ2n) is 7.45. The fraction of sp³-hybridized carbons (Fsp3) is 0.571. The van der Waals surface area contributed by atoms with Crippen LogP contribution in [0.3, 0.4) is 0 Å². The van der Waals surface area contributed by atoms with Gasteiger partial charge in [-0.2, -0.15) is 0 Å². The van der Waals surface area contributed by atoms with E-state index >= 15 is 0 Å². The van der Waals surface area contributed by atoms with Gasteiger partial charge in [-0.15, -0.1) is 0 Å². The van der Waals surface area contributed by atoms with Gasteiger partial charge in [0.2, 0.25) is 5.91 Å². The Morgan fingerprint density at radius 3 is 2.79 bits per heavy atom. The van der Waals surface area contributed by atoms with Gasteiger partial charge in [-0.3, -0.25) is 14.4 Å². The number of carbonyl (C=O) groups excluding carboxylic acids is 3. The molecule has 0 radical (unpaired) electrons. The van der Waals surface area contributed by atoms with E-state index in [1.807, 2.05) is 6.92 Å². The zero-order valence-corrected chi connectivity index (χ0v) is 16.4. The predicted octanol–water partition coefficient (Wildman–Crippen LogP) is 2.18. The van der Waals surface area contributed by atoms with Gasteiger partial charge >= 0.3 is 0 Å². The van der Waals surface area contributed by atoms with E-state index in [2.05, 4.69) is 10.6 Å². The first-order valence-corrected chi connectivity index (χ1v) is 10.2. The van der Waals surface area contributed by atoms with Gasteiger partial charge in [0.15, 0.2) is 0 Å². The molecular formula is C21H29N3O4. The van der Waals surface area contributed by atoms with Crippen molar-refractivity contribution in [3.05, 3.63) is 29.8 Å². The van der Waals surface area contributed by atoms with Crippen LogP contribution in [0.4, 0.5) is 5.69 Å². The number of piperidine rings is 1. The molecule has 0 aromatic heterocycles. The van der Waals surface area contributed by atoms with Gasteiger partial charge < -0.3 is 20.3 Å². The Balaban J connectivity index is 1.61. The molecule has 2 unspecified atom stereocenters. The molecule has 7 heteroatoms. The largest absolute Gasteiger partial charge is 0.368 e. The van der Waals surface area contributed by atoms with Crippen molar-refractivity contribution in [2.24, 2.45) is 5.92 Å². The van der Waals surface area contributed by atoms with E-state index in [4.69, 9.17) is 4.74 Å². The van der Waals surface area contributed by atoms with Gasteiger partial charge in [-0.25, -0.2) is 0 Å². The summed E-state index contributed by atoms with van der Waals surface area (Å²) >= 11 is 0. The van der Waals surface area contributed by atoms with E-state index in [1.165, 1.54) is 0 Å². The summed E-state index contributed by atoms with van der Waals surface area (Å²) in [6.07, 6.45) is 3.70. The fourth-order valence-corrected chi connectivity index (χ4v) is 3.69. The van der Waals surface area contributed by atoms with Gasteiger partial charge in [0.25, 0.3) is 11.8 Å². The number of nitrogens with zero attached hydrogens (tertiary/aromatic N) is 1. The summed E-state index contributed by atoms with van der Waals surface area (Å²) in [7, 11) is 0. The lowest BCUT2D eigenvalue weighted by Gasteiger charge is -2.32. The molecule has 2 atom stereocenters. The Hall–Kier alpha value is -2.41. The minimum absolute atomic E-state index is 0.0249. The van der Waals surface area contributed by atoms with E-state index in [1.54, 1.807) is 29.2 Å². The van der Waals surface area contributed by atoms with Crippen molar-refractivity contribution in [3.63, 3.8) is 0 Å². The number of likely N-dealkylation sites (tertiary alicyclic amines) is 1. The zero-order valence-electron chi connectivity index (χ0n) is 16.4. The van der Waals surface area contributed by atoms with E-state index in [0.717, 1.165) is 32.1 Å². The molecule has 2 heterocycles. The Morgan fingerprint density at radius 1 is 1.18 bits per heavy atom. The summed E-state index contributed by atoms with van der Waals surface area (Å²) in [6.45, 7) is 4.36. The number of benzene rings is 1. The van der Waals surface area contributed by atoms with E-state index in [9.17, 15) is 14.4 Å². The van der Waals surface area contributed by atoms with E-state index < -0.39 is 6.10 Å². The van der Waals surface area contributed by atoms with Gasteiger partial charge in [-0.1, -0.05) is 13.0 Å². The minimum Gasteiger partial charge on any atom is -0.368 e. The van der Waals surface area contributed by atoms with Gasteiger partial charge in [0.1, 0.15) is 6.10 Å². The number of anilines is 1. The summed E-state index contributed by atoms with van der Waals surface area (Å²) in [5.74, 6) is -0.419. The highest BCUT2D eigenvalue weighted by molar-refractivity contribution is 5.98. The first-order chi connectivity index (χ1) is 13.6. The summed E-state index contributed by atoms with van der Waals surface area (Å²) in [5.41, 5.74) is 1.10. The summed E-state index contributed by atoms with van der Waals surface area (Å²) in [4.78, 5) is 39.2. The van der Waals surface area contributed by atoms with E-state index in [0.29, 0.717) is 37.5 Å². The molecule has 0 saturated carbocycles. The monoisotopic (exact) mass is 387 g/mol. The first kappa shape index (κ1) is 20.3. The summed E-state index contributed by atoms with van der Waals surface area (Å²) in [5, 5.41) is 5.76. The number of hydrogen-bond acceptors (Lipinski definition) is 4. The van der Waals surface area contributed by atoms with Crippen LogP contribution in [-0.4, -0.2) is 55.0 Å². The molecule has 2 fully saturated rings. The molecule has 28 heavy (non-hydrogen) atoms. The van der Waals surface area contributed by atoms with Crippen molar-refractivity contribution in [1.29, 1.82) is 0 Å². The van der Waals surface area contributed by atoms with Crippen LogP contribution in [0.15, 0.2) is 24.3 Å². The van der Waals surface area contributed by atoms with Crippen LogP contribution >= 0.6 is 0 Å². The first-order valence-electron chi connectivity index (χ1n) is 10.2. The quantitative estimate of drug-likeness (QED) is 0.783. The van der Waals surface area contributed by atoms with Crippen molar-refractivity contribution in [1.82, 2.24) is 10.2 Å². The van der Waals surface area contributed by atoms with Crippen LogP contribution in [0.2, 0.25) is 0 Å². The average molecular weight is 387 g/mol. The van der Waals surface area contributed by atoms with Crippen molar-refractivity contribution in [3.8, 4) is 0 Å². The Morgan fingerprint density at radius 2 is 2.04 bits per heavy atom. The molecule has 2 saturated heterocycles. The molecule has 0 spiro atoms. The van der Waals surface area contributed by atoms with Crippen molar-refractivity contribution < 1.29 is 19.1 Å². The predicted molar refractivity (Wildman–Crippen MR) is 106 cm³/mol. The second kappa shape index (κ2) is 9.68. The molecule has 2 N–H and O–H groups in total. The van der Waals surface area contributed by atoms with Gasteiger partial charge in [0.05, 0.1) is 5.92 Å². The number of rotatable bonds is 6. The number of hydrogen-bond donors (Lipinski definition) is 2. The summed E-state index contributed by atoms with van der Waals surface area (Å²) in [6, 6.07) is 6.95. The third-order valence-corrected chi connectivity index (χ3v) is 5.23. The minimum atomic E-state index is -0.413. The normalized spacial score (nSPS) is 22.0. The number of nitrogens with one attached hydrogen (secondary N) is 2. The molecule has 1 aromatic rings. The molecular weight excluding hydrogens is 358 g/mol. The Kier molecular flexibility index (Phi) is 7.03. The number of carbonyl (C=O) groups is 3. The van der Waals surface area contributed by atoms with E-state index in [-0.39, 0.29) is 23.6 Å². The molecule has 2 aliphatic rings. The van der Waals surface area contributed by atoms with Crippen molar-refractivity contribution in [2.75, 3.05) is 31.6 Å². The molecule has 0 aliphatic carbocycles. The molecule has 3 amide bonds. The Bertz CT molecular complexity index is 715. The topological polar surface area (TPSA) is 87.7 Å². The summed E-state index contributed by atoms with van der Waals surface area (Å²) < 4.78 is 5.40. The van der Waals surface area contributed by atoms with Crippen LogP contribution in [0.5, 0.6) is 0 Å². The molecule has 7 nitrogen and oxygen atoms in total. The lowest BCUT2D eigenvalue weighted by atomic mass is 9.96. The van der Waals surface area contributed by atoms with Crippen molar-refractivity contribution >= 4 is 23.4 Å². The highest BCUT2D eigenvalue weighted by atomic mass is 16.5. The van der Waals surface area contributed by atoms with Gasteiger partial charge in [0, 0.05) is 37.5 Å². The van der Waals surface area contributed by atoms with Gasteiger partial charge in [-0.05, 0) is 50.3 Å². The second-order valence-corrected chi connectivity index (χ2v) is 7.45.